The first-order valence-corrected chi connectivity index (χ1v) is 9.13. The van der Waals surface area contributed by atoms with Crippen LogP contribution >= 0.6 is 0 Å². The number of amides is 3. The summed E-state index contributed by atoms with van der Waals surface area (Å²) in [6.45, 7) is 4.65. The van der Waals surface area contributed by atoms with Crippen molar-refractivity contribution < 1.29 is 23.2 Å². The first-order valence-electron chi connectivity index (χ1n) is 9.13. The van der Waals surface area contributed by atoms with Gasteiger partial charge >= 0.3 is 0 Å². The Balaban J connectivity index is 1.90. The van der Waals surface area contributed by atoms with E-state index in [2.05, 4.69) is 10.6 Å². The molecule has 2 N–H and O–H groups in total. The van der Waals surface area contributed by atoms with Crippen molar-refractivity contribution in [1.29, 1.82) is 0 Å². The number of nitrogens with zero attached hydrogens (tertiary/aromatic N) is 1. The van der Waals surface area contributed by atoms with Gasteiger partial charge in [0, 0.05) is 19.2 Å². The molecule has 2 atom stereocenters. The minimum Gasteiger partial charge on any atom is -0.344 e. The summed E-state index contributed by atoms with van der Waals surface area (Å²) in [7, 11) is 0. The zero-order chi connectivity index (χ0) is 20.0. The average molecular weight is 381 g/mol. The molecular weight excluding hydrogens is 356 g/mol. The quantitative estimate of drug-likeness (QED) is 0.784. The Morgan fingerprint density at radius 2 is 1.89 bits per heavy atom. The molecule has 0 aliphatic carbocycles. The number of hydrogen-bond donors (Lipinski definition) is 2. The molecule has 1 aliphatic heterocycles. The van der Waals surface area contributed by atoms with Crippen molar-refractivity contribution in [3.63, 3.8) is 0 Å². The van der Waals surface area contributed by atoms with E-state index in [1.165, 1.54) is 6.92 Å². The van der Waals surface area contributed by atoms with Gasteiger partial charge in [-0.25, -0.2) is 8.78 Å². The lowest BCUT2D eigenvalue weighted by molar-refractivity contribution is -0.136. The molecule has 1 fully saturated rings. The minimum absolute atomic E-state index is 0.114. The summed E-state index contributed by atoms with van der Waals surface area (Å²) < 4.78 is 26.4. The van der Waals surface area contributed by atoms with Crippen molar-refractivity contribution in [2.45, 2.75) is 51.6 Å². The molecule has 0 bridgehead atoms. The minimum atomic E-state index is -0.873. The summed E-state index contributed by atoms with van der Waals surface area (Å²) >= 11 is 0. The van der Waals surface area contributed by atoms with Crippen molar-refractivity contribution in [2.24, 2.45) is 0 Å². The van der Waals surface area contributed by atoms with Gasteiger partial charge in [0.05, 0.1) is 6.42 Å². The number of carbonyl (C=O) groups excluding carboxylic acids is 3. The van der Waals surface area contributed by atoms with Gasteiger partial charge in [0.25, 0.3) is 0 Å². The lowest BCUT2D eigenvalue weighted by Gasteiger charge is -2.24. The fraction of sp³-hybridized carbons (Fsp3) is 0.526. The average Bonchev–Trinajstić information content (AvgIpc) is 2.75. The van der Waals surface area contributed by atoms with Crippen LogP contribution in [0, 0.1) is 11.6 Å². The summed E-state index contributed by atoms with van der Waals surface area (Å²) in [4.78, 5) is 38.5. The fourth-order valence-electron chi connectivity index (χ4n) is 3.11. The summed E-state index contributed by atoms with van der Waals surface area (Å²) in [5.74, 6) is -2.65. The number of rotatable bonds is 6. The first-order chi connectivity index (χ1) is 12.8. The highest BCUT2D eigenvalue weighted by atomic mass is 19.1. The van der Waals surface area contributed by atoms with E-state index in [9.17, 15) is 23.2 Å². The number of likely N-dealkylation sites (tertiary alicyclic amines) is 1. The molecule has 0 unspecified atom stereocenters. The van der Waals surface area contributed by atoms with Crippen molar-refractivity contribution in [3.8, 4) is 0 Å². The second kappa shape index (κ2) is 9.43. The van der Waals surface area contributed by atoms with Gasteiger partial charge in [-0.05, 0) is 50.8 Å². The molecule has 1 aromatic rings. The highest BCUT2D eigenvalue weighted by Crippen LogP contribution is 2.12. The van der Waals surface area contributed by atoms with Gasteiger partial charge < -0.3 is 15.5 Å². The van der Waals surface area contributed by atoms with Crippen LogP contribution in [0.15, 0.2) is 18.2 Å². The first kappa shape index (κ1) is 20.8. The van der Waals surface area contributed by atoms with Gasteiger partial charge in [-0.2, -0.15) is 0 Å². The molecule has 8 heteroatoms. The standard InChI is InChI=1S/C19H25F2N3O3/c1-3-24-7-5-4-6-16(19(24)27)23-18(26)12(2)22-17(25)10-13-8-14(20)11-15(21)9-13/h8-9,11-12,16H,3-7,10H2,1-2H3,(H,22,25)(H,23,26)/t12-,16-/m0/s1. The topological polar surface area (TPSA) is 78.5 Å². The van der Waals surface area contributed by atoms with Gasteiger partial charge in [-0.3, -0.25) is 14.4 Å². The summed E-state index contributed by atoms with van der Waals surface area (Å²) in [6, 6.07) is 1.38. The number of benzene rings is 1. The Hall–Kier alpha value is -2.51. The number of hydrogen-bond acceptors (Lipinski definition) is 3. The molecule has 1 aliphatic rings. The molecule has 0 saturated carbocycles. The molecule has 27 heavy (non-hydrogen) atoms. The van der Waals surface area contributed by atoms with Gasteiger partial charge in [0.15, 0.2) is 0 Å². The van der Waals surface area contributed by atoms with Gasteiger partial charge in [0.1, 0.15) is 23.7 Å². The monoisotopic (exact) mass is 381 g/mol. The molecular formula is C19H25F2N3O3. The Kier molecular flexibility index (Phi) is 7.27. The van der Waals surface area contributed by atoms with E-state index >= 15 is 0 Å². The van der Waals surface area contributed by atoms with Gasteiger partial charge in [-0.1, -0.05) is 0 Å². The molecule has 3 amide bonds. The van der Waals surface area contributed by atoms with Crippen LogP contribution in [0.4, 0.5) is 8.78 Å². The van der Waals surface area contributed by atoms with Crippen LogP contribution in [0.2, 0.25) is 0 Å². The molecule has 1 saturated heterocycles. The van der Waals surface area contributed by atoms with Gasteiger partial charge in [0.2, 0.25) is 17.7 Å². The molecule has 148 valence electrons. The molecule has 0 spiro atoms. The molecule has 6 nitrogen and oxygen atoms in total. The van der Waals surface area contributed by atoms with E-state index in [1.807, 2.05) is 6.92 Å². The lowest BCUT2D eigenvalue weighted by Crippen LogP contribution is -2.53. The Bertz CT molecular complexity index is 691. The second-order valence-electron chi connectivity index (χ2n) is 6.72. The summed E-state index contributed by atoms with van der Waals surface area (Å²) in [5.41, 5.74) is 0.176. The number of carbonyl (C=O) groups is 3. The zero-order valence-corrected chi connectivity index (χ0v) is 15.6. The third-order valence-electron chi connectivity index (χ3n) is 4.54. The van der Waals surface area contributed by atoms with E-state index in [0.717, 1.165) is 31.0 Å². The van der Waals surface area contributed by atoms with Crippen LogP contribution < -0.4 is 10.6 Å². The van der Waals surface area contributed by atoms with E-state index in [1.54, 1.807) is 4.90 Å². The van der Waals surface area contributed by atoms with Crippen LogP contribution in [0.25, 0.3) is 0 Å². The van der Waals surface area contributed by atoms with E-state index in [4.69, 9.17) is 0 Å². The lowest BCUT2D eigenvalue weighted by atomic mass is 10.1. The number of halogens is 2. The van der Waals surface area contributed by atoms with Gasteiger partial charge in [-0.15, -0.1) is 0 Å². The maximum atomic E-state index is 13.2. The van der Waals surface area contributed by atoms with Crippen LogP contribution in [0.1, 0.15) is 38.7 Å². The number of likely N-dealkylation sites (N-methyl/N-ethyl adjacent to an activating group) is 1. The molecule has 1 aromatic carbocycles. The van der Waals surface area contributed by atoms with E-state index in [0.29, 0.717) is 19.5 Å². The van der Waals surface area contributed by atoms with Crippen LogP contribution in [0.3, 0.4) is 0 Å². The predicted octanol–water partition coefficient (Wildman–Crippen LogP) is 1.53. The highest BCUT2D eigenvalue weighted by Gasteiger charge is 2.29. The SMILES string of the molecule is CCN1CCCC[C@H](NC(=O)[C@H](C)NC(=O)Cc2cc(F)cc(F)c2)C1=O. The van der Waals surface area contributed by atoms with Crippen LogP contribution in [0.5, 0.6) is 0 Å². The van der Waals surface area contributed by atoms with Crippen LogP contribution in [-0.4, -0.2) is 47.8 Å². The predicted molar refractivity (Wildman–Crippen MR) is 95.7 cm³/mol. The second-order valence-corrected chi connectivity index (χ2v) is 6.72. The largest absolute Gasteiger partial charge is 0.344 e. The van der Waals surface area contributed by atoms with E-state index < -0.39 is 35.5 Å². The number of nitrogens with one attached hydrogen (secondary N) is 2. The molecule has 0 radical (unpaired) electrons. The maximum Gasteiger partial charge on any atom is 0.245 e. The molecule has 1 heterocycles. The van der Waals surface area contributed by atoms with Crippen molar-refractivity contribution >= 4 is 17.7 Å². The van der Waals surface area contributed by atoms with Crippen molar-refractivity contribution in [3.05, 3.63) is 35.4 Å². The normalized spacial score (nSPS) is 18.6. The van der Waals surface area contributed by atoms with E-state index in [-0.39, 0.29) is 17.9 Å². The Morgan fingerprint density at radius 3 is 2.52 bits per heavy atom. The van der Waals surface area contributed by atoms with Crippen molar-refractivity contribution in [2.75, 3.05) is 13.1 Å². The Labute approximate surface area is 157 Å². The summed E-state index contributed by atoms with van der Waals surface area (Å²) in [5, 5.41) is 5.19. The maximum absolute atomic E-state index is 13.2. The summed E-state index contributed by atoms with van der Waals surface area (Å²) in [6.07, 6.45) is 2.03. The molecule has 2 rings (SSSR count). The third kappa shape index (κ3) is 6.01. The third-order valence-corrected chi connectivity index (χ3v) is 4.54. The highest BCUT2D eigenvalue weighted by molar-refractivity contribution is 5.92. The smallest absolute Gasteiger partial charge is 0.245 e. The fourth-order valence-corrected chi connectivity index (χ4v) is 3.11. The molecule has 0 aromatic heterocycles. The van der Waals surface area contributed by atoms with Crippen molar-refractivity contribution in [1.82, 2.24) is 15.5 Å². The Morgan fingerprint density at radius 1 is 1.22 bits per heavy atom. The van der Waals surface area contributed by atoms with Crippen LogP contribution in [-0.2, 0) is 20.8 Å². The zero-order valence-electron chi connectivity index (χ0n) is 15.6.